The van der Waals surface area contributed by atoms with Crippen LogP contribution in [0.25, 0.3) is 0 Å². The molecule has 0 aromatic heterocycles. The predicted molar refractivity (Wildman–Crippen MR) is 144 cm³/mol. The van der Waals surface area contributed by atoms with E-state index in [1.807, 2.05) is 48.5 Å². The van der Waals surface area contributed by atoms with Crippen molar-refractivity contribution < 1.29 is 28.5 Å². The monoisotopic (exact) mass is 532 g/mol. The average Bonchev–Trinajstić information content (AvgIpc) is 2.91. The van der Waals surface area contributed by atoms with Crippen molar-refractivity contribution in [2.24, 2.45) is 11.8 Å². The van der Waals surface area contributed by atoms with E-state index in [-0.39, 0.29) is 23.8 Å². The summed E-state index contributed by atoms with van der Waals surface area (Å²) in [7, 11) is 3.41. The third-order valence-corrected chi connectivity index (χ3v) is 8.20. The van der Waals surface area contributed by atoms with E-state index in [1.165, 1.54) is 0 Å². The Morgan fingerprint density at radius 3 is 1.36 bits per heavy atom. The van der Waals surface area contributed by atoms with Crippen LogP contribution in [0.3, 0.4) is 0 Å². The fourth-order valence-electron chi connectivity index (χ4n) is 3.96. The van der Waals surface area contributed by atoms with Gasteiger partial charge in [0.2, 0.25) is 0 Å². The highest BCUT2D eigenvalue weighted by molar-refractivity contribution is 7.99. The number of hydrogen-bond acceptors (Lipinski definition) is 8. The van der Waals surface area contributed by atoms with Crippen LogP contribution in [-0.4, -0.2) is 50.9 Å². The Bertz CT molecular complexity index is 847. The SMILES string of the molecule is COCCCSc1ccc(OC(=O)[C@H]2CC[C@H](C(=O)Oc3ccc(SCCCOC)cc3)CC2)cc1. The fraction of sp³-hybridized carbons (Fsp3) is 0.500. The molecule has 0 atom stereocenters. The summed E-state index contributed by atoms with van der Waals surface area (Å²) >= 11 is 3.51. The lowest BCUT2D eigenvalue weighted by atomic mass is 9.82. The molecule has 1 aliphatic rings. The van der Waals surface area contributed by atoms with Crippen molar-refractivity contribution >= 4 is 35.5 Å². The van der Waals surface area contributed by atoms with Crippen molar-refractivity contribution in [2.45, 2.75) is 48.3 Å². The standard InChI is InChI=1S/C28H36O6S2/c1-31-17-3-19-35-25-13-9-23(10-14-25)33-27(29)21-5-7-22(8-6-21)28(30)34-24-11-15-26(16-12-24)36-20-4-18-32-2/h9-16,21-22H,3-8,17-20H2,1-2H3/t21-,22-. The van der Waals surface area contributed by atoms with Gasteiger partial charge in [-0.1, -0.05) is 0 Å². The third-order valence-electron chi connectivity index (χ3n) is 6.00. The predicted octanol–water partition coefficient (Wildman–Crippen LogP) is 6.26. The minimum atomic E-state index is -0.221. The highest BCUT2D eigenvalue weighted by Crippen LogP contribution is 2.32. The van der Waals surface area contributed by atoms with Crippen molar-refractivity contribution in [3.05, 3.63) is 48.5 Å². The minimum Gasteiger partial charge on any atom is -0.426 e. The molecule has 6 nitrogen and oxygen atoms in total. The van der Waals surface area contributed by atoms with Gasteiger partial charge in [0.05, 0.1) is 11.8 Å². The van der Waals surface area contributed by atoms with Crippen LogP contribution in [0.15, 0.2) is 58.3 Å². The Balaban J connectivity index is 1.37. The Hall–Kier alpha value is -2.00. The number of benzene rings is 2. The molecule has 0 unspecified atom stereocenters. The molecule has 1 fully saturated rings. The summed E-state index contributed by atoms with van der Waals surface area (Å²) < 4.78 is 21.3. The summed E-state index contributed by atoms with van der Waals surface area (Å²) in [5.41, 5.74) is 0. The molecular formula is C28H36O6S2. The number of ether oxygens (including phenoxy) is 4. The Morgan fingerprint density at radius 1 is 0.667 bits per heavy atom. The molecule has 0 bridgehead atoms. The molecule has 2 aromatic carbocycles. The molecule has 0 saturated heterocycles. The molecule has 1 aliphatic carbocycles. The zero-order valence-electron chi connectivity index (χ0n) is 21.1. The molecule has 3 rings (SSSR count). The number of carbonyl (C=O) groups excluding carboxylic acids is 2. The van der Waals surface area contributed by atoms with Crippen molar-refractivity contribution in [1.29, 1.82) is 0 Å². The zero-order chi connectivity index (χ0) is 25.6. The van der Waals surface area contributed by atoms with Gasteiger partial charge in [-0.2, -0.15) is 0 Å². The van der Waals surface area contributed by atoms with E-state index < -0.39 is 0 Å². The first-order chi connectivity index (χ1) is 17.6. The fourth-order valence-corrected chi connectivity index (χ4v) is 5.61. The molecule has 0 spiro atoms. The van der Waals surface area contributed by atoms with Crippen LogP contribution in [0.5, 0.6) is 11.5 Å². The molecule has 0 aliphatic heterocycles. The topological polar surface area (TPSA) is 71.1 Å². The lowest BCUT2D eigenvalue weighted by Gasteiger charge is -2.25. The molecule has 2 aromatic rings. The normalized spacial score (nSPS) is 17.5. The molecule has 8 heteroatoms. The quantitative estimate of drug-likeness (QED) is 0.122. The number of carbonyl (C=O) groups is 2. The highest BCUT2D eigenvalue weighted by atomic mass is 32.2. The van der Waals surface area contributed by atoms with E-state index in [4.69, 9.17) is 18.9 Å². The zero-order valence-corrected chi connectivity index (χ0v) is 22.7. The van der Waals surface area contributed by atoms with Gasteiger partial charge in [0.25, 0.3) is 0 Å². The van der Waals surface area contributed by atoms with E-state index in [0.29, 0.717) is 37.2 Å². The molecule has 0 amide bonds. The largest absolute Gasteiger partial charge is 0.426 e. The Labute approximate surface area is 222 Å². The Morgan fingerprint density at radius 2 is 1.03 bits per heavy atom. The second kappa shape index (κ2) is 16.0. The van der Waals surface area contributed by atoms with Gasteiger partial charge in [-0.05, 0) is 87.1 Å². The van der Waals surface area contributed by atoms with Gasteiger partial charge in [-0.25, -0.2) is 0 Å². The molecule has 0 radical (unpaired) electrons. The van der Waals surface area contributed by atoms with Gasteiger partial charge in [0.15, 0.2) is 0 Å². The van der Waals surface area contributed by atoms with Crippen LogP contribution in [0.2, 0.25) is 0 Å². The van der Waals surface area contributed by atoms with Crippen LogP contribution in [0.4, 0.5) is 0 Å². The summed E-state index contributed by atoms with van der Waals surface area (Å²) in [4.78, 5) is 27.6. The minimum absolute atomic E-state index is 0.188. The second-order valence-electron chi connectivity index (χ2n) is 8.72. The number of rotatable bonds is 14. The first-order valence-electron chi connectivity index (χ1n) is 12.5. The molecule has 0 N–H and O–H groups in total. The second-order valence-corrected chi connectivity index (χ2v) is 11.1. The number of methoxy groups -OCH3 is 2. The average molecular weight is 533 g/mol. The summed E-state index contributed by atoms with van der Waals surface area (Å²) in [6.45, 7) is 1.51. The van der Waals surface area contributed by atoms with Crippen molar-refractivity contribution in [1.82, 2.24) is 0 Å². The van der Waals surface area contributed by atoms with Gasteiger partial charge in [-0.15, -0.1) is 23.5 Å². The summed E-state index contributed by atoms with van der Waals surface area (Å²) in [6.07, 6.45) is 4.50. The van der Waals surface area contributed by atoms with Crippen molar-refractivity contribution in [3.8, 4) is 11.5 Å². The maximum absolute atomic E-state index is 12.6. The molecule has 1 saturated carbocycles. The maximum atomic E-state index is 12.6. The lowest BCUT2D eigenvalue weighted by molar-refractivity contribution is -0.145. The molecule has 196 valence electrons. The molecular weight excluding hydrogens is 496 g/mol. The van der Waals surface area contributed by atoms with Gasteiger partial charge >= 0.3 is 11.9 Å². The van der Waals surface area contributed by atoms with Gasteiger partial charge in [0, 0.05) is 48.7 Å². The highest BCUT2D eigenvalue weighted by Gasteiger charge is 2.32. The first-order valence-corrected chi connectivity index (χ1v) is 14.4. The lowest BCUT2D eigenvalue weighted by Crippen LogP contribution is -2.30. The number of hydrogen-bond donors (Lipinski definition) is 0. The number of thioether (sulfide) groups is 2. The Kier molecular flexibility index (Phi) is 12.7. The van der Waals surface area contributed by atoms with Crippen molar-refractivity contribution in [2.75, 3.05) is 38.9 Å². The first kappa shape index (κ1) is 28.6. The summed E-state index contributed by atoms with van der Waals surface area (Å²) in [5.74, 6) is 2.27. The smallest absolute Gasteiger partial charge is 0.314 e. The summed E-state index contributed by atoms with van der Waals surface area (Å²) in [6, 6.07) is 15.2. The van der Waals surface area contributed by atoms with Gasteiger partial charge < -0.3 is 18.9 Å². The number of esters is 2. The van der Waals surface area contributed by atoms with Crippen LogP contribution in [-0.2, 0) is 19.1 Å². The van der Waals surface area contributed by atoms with Gasteiger partial charge in [0.1, 0.15) is 11.5 Å². The van der Waals surface area contributed by atoms with Crippen LogP contribution >= 0.6 is 23.5 Å². The molecule has 36 heavy (non-hydrogen) atoms. The van der Waals surface area contributed by atoms with Crippen LogP contribution in [0, 0.1) is 11.8 Å². The van der Waals surface area contributed by atoms with Crippen LogP contribution < -0.4 is 9.47 Å². The molecule has 0 heterocycles. The summed E-state index contributed by atoms with van der Waals surface area (Å²) in [5, 5.41) is 0. The van der Waals surface area contributed by atoms with E-state index in [1.54, 1.807) is 37.7 Å². The third kappa shape index (κ3) is 9.81. The van der Waals surface area contributed by atoms with E-state index in [2.05, 4.69) is 0 Å². The van der Waals surface area contributed by atoms with E-state index >= 15 is 0 Å². The van der Waals surface area contributed by atoms with Gasteiger partial charge in [-0.3, -0.25) is 9.59 Å². The van der Waals surface area contributed by atoms with E-state index in [9.17, 15) is 9.59 Å². The van der Waals surface area contributed by atoms with Crippen LogP contribution in [0.1, 0.15) is 38.5 Å². The van der Waals surface area contributed by atoms with Crippen molar-refractivity contribution in [3.63, 3.8) is 0 Å². The maximum Gasteiger partial charge on any atom is 0.314 e. The van der Waals surface area contributed by atoms with E-state index in [0.717, 1.165) is 47.4 Å².